The summed E-state index contributed by atoms with van der Waals surface area (Å²) in [6, 6.07) is 1.76. The fraction of sp³-hybridized carbons (Fsp3) is 0.333. The maximum Gasteiger partial charge on any atom is 0.308 e. The number of rotatable bonds is 1. The van der Waals surface area contributed by atoms with E-state index in [4.69, 9.17) is 4.74 Å². The van der Waals surface area contributed by atoms with E-state index in [0.29, 0.717) is 11.3 Å². The van der Waals surface area contributed by atoms with Gasteiger partial charge in [0.1, 0.15) is 8.07 Å². The lowest BCUT2D eigenvalue weighted by molar-refractivity contribution is -0.131. The third kappa shape index (κ3) is 4.28. The van der Waals surface area contributed by atoms with Crippen LogP contribution < -0.4 is 4.74 Å². The van der Waals surface area contributed by atoms with E-state index in [-0.39, 0.29) is 5.97 Å². The van der Waals surface area contributed by atoms with Gasteiger partial charge in [-0.05, 0) is 6.07 Å². The molecule has 0 aliphatic rings. The number of hydrogen-bond acceptors (Lipinski definition) is 3. The maximum atomic E-state index is 10.9. The fourth-order valence-corrected chi connectivity index (χ4v) is 1.48. The van der Waals surface area contributed by atoms with Crippen LogP contribution in [0.4, 0.5) is 0 Å². The van der Waals surface area contributed by atoms with E-state index in [2.05, 4.69) is 36.1 Å². The molecule has 1 aromatic heterocycles. The lowest BCUT2D eigenvalue weighted by atomic mass is 10.2. The van der Waals surface area contributed by atoms with Crippen molar-refractivity contribution in [3.63, 3.8) is 0 Å². The molecule has 0 aromatic carbocycles. The van der Waals surface area contributed by atoms with Gasteiger partial charge >= 0.3 is 5.97 Å². The Morgan fingerprint density at radius 1 is 1.44 bits per heavy atom. The van der Waals surface area contributed by atoms with Gasteiger partial charge in [0.15, 0.2) is 5.75 Å². The number of carbonyl (C=O) groups excluding carboxylic acids is 1. The SMILES string of the molecule is CC(=O)Oc1cnccc1C#C[Si](C)(C)C. The summed E-state index contributed by atoms with van der Waals surface area (Å²) < 4.78 is 5.02. The molecule has 0 spiro atoms. The zero-order valence-electron chi connectivity index (χ0n) is 10.00. The Balaban J connectivity index is 3.03. The zero-order valence-corrected chi connectivity index (χ0v) is 11.0. The van der Waals surface area contributed by atoms with Crippen LogP contribution in [-0.2, 0) is 4.79 Å². The van der Waals surface area contributed by atoms with Gasteiger partial charge in [0.05, 0.1) is 11.8 Å². The van der Waals surface area contributed by atoms with Crippen molar-refractivity contribution in [2.75, 3.05) is 0 Å². The minimum absolute atomic E-state index is 0.357. The Morgan fingerprint density at radius 2 is 2.12 bits per heavy atom. The topological polar surface area (TPSA) is 39.2 Å². The lowest BCUT2D eigenvalue weighted by Crippen LogP contribution is -2.16. The van der Waals surface area contributed by atoms with Gasteiger partial charge in [0.25, 0.3) is 0 Å². The van der Waals surface area contributed by atoms with E-state index in [1.165, 1.54) is 13.1 Å². The Kier molecular flexibility index (Phi) is 3.86. The summed E-state index contributed by atoms with van der Waals surface area (Å²) in [5.41, 5.74) is 3.94. The van der Waals surface area contributed by atoms with E-state index in [0.717, 1.165) is 0 Å². The fourth-order valence-electron chi connectivity index (χ4n) is 0.974. The average Bonchev–Trinajstić information content (AvgIpc) is 2.14. The number of carbonyl (C=O) groups is 1. The molecule has 0 atom stereocenters. The molecule has 0 bridgehead atoms. The van der Waals surface area contributed by atoms with Crippen molar-refractivity contribution in [2.45, 2.75) is 26.6 Å². The summed E-state index contributed by atoms with van der Waals surface area (Å²) in [5, 5.41) is 0. The highest BCUT2D eigenvalue weighted by Gasteiger charge is 2.09. The number of nitrogens with zero attached hydrogens (tertiary/aromatic N) is 1. The quantitative estimate of drug-likeness (QED) is 0.424. The molecule has 0 amide bonds. The third-order valence-electron chi connectivity index (χ3n) is 1.61. The van der Waals surface area contributed by atoms with Crippen molar-refractivity contribution in [3.05, 3.63) is 24.0 Å². The molecular formula is C12H15NO2Si. The predicted octanol–water partition coefficient (Wildman–Crippen LogP) is 2.24. The monoisotopic (exact) mass is 233 g/mol. The molecule has 0 saturated heterocycles. The van der Waals surface area contributed by atoms with Crippen LogP contribution >= 0.6 is 0 Å². The second-order valence-corrected chi connectivity index (χ2v) is 9.22. The van der Waals surface area contributed by atoms with Gasteiger partial charge < -0.3 is 4.74 Å². The summed E-state index contributed by atoms with van der Waals surface area (Å²) in [7, 11) is -1.42. The van der Waals surface area contributed by atoms with Gasteiger partial charge in [-0.3, -0.25) is 9.78 Å². The van der Waals surface area contributed by atoms with Gasteiger partial charge in [0.2, 0.25) is 0 Å². The van der Waals surface area contributed by atoms with Crippen LogP contribution in [0.1, 0.15) is 12.5 Å². The van der Waals surface area contributed by atoms with Gasteiger partial charge in [-0.25, -0.2) is 0 Å². The molecule has 1 aromatic rings. The van der Waals surface area contributed by atoms with Crippen molar-refractivity contribution in [1.29, 1.82) is 0 Å². The van der Waals surface area contributed by atoms with Gasteiger partial charge in [-0.15, -0.1) is 5.54 Å². The second kappa shape index (κ2) is 4.95. The molecule has 1 rings (SSSR count). The van der Waals surface area contributed by atoms with Crippen LogP contribution in [0.3, 0.4) is 0 Å². The Morgan fingerprint density at radius 3 is 2.69 bits per heavy atom. The molecule has 0 unspecified atom stereocenters. The average molecular weight is 233 g/mol. The minimum atomic E-state index is -1.42. The van der Waals surface area contributed by atoms with E-state index in [1.807, 2.05) is 0 Å². The minimum Gasteiger partial charge on any atom is -0.424 e. The summed E-state index contributed by atoms with van der Waals surface area (Å²) in [6.07, 6.45) is 3.15. The number of aromatic nitrogens is 1. The number of ether oxygens (including phenoxy) is 1. The van der Waals surface area contributed by atoms with Crippen LogP contribution in [0.15, 0.2) is 18.5 Å². The Hall–Kier alpha value is -1.60. The van der Waals surface area contributed by atoms with Crippen LogP contribution in [0.5, 0.6) is 5.75 Å². The highest BCUT2D eigenvalue weighted by atomic mass is 28.3. The molecule has 0 saturated carbocycles. The van der Waals surface area contributed by atoms with Crippen LogP contribution in [0.2, 0.25) is 19.6 Å². The standard InChI is InChI=1S/C12H15NO2Si/c1-10(14)15-12-9-13-7-5-11(12)6-8-16(2,3)4/h5,7,9H,1-4H3. The molecule has 1 heterocycles. The van der Waals surface area contributed by atoms with Crippen molar-refractivity contribution < 1.29 is 9.53 Å². The zero-order chi connectivity index (χ0) is 12.2. The largest absolute Gasteiger partial charge is 0.424 e. The van der Waals surface area contributed by atoms with Crippen molar-refractivity contribution in [3.8, 4) is 17.2 Å². The highest BCUT2D eigenvalue weighted by molar-refractivity contribution is 6.83. The number of pyridine rings is 1. The molecule has 0 aliphatic heterocycles. The summed E-state index contributed by atoms with van der Waals surface area (Å²) >= 11 is 0. The predicted molar refractivity (Wildman–Crippen MR) is 65.8 cm³/mol. The molecular weight excluding hydrogens is 218 g/mol. The highest BCUT2D eigenvalue weighted by Crippen LogP contribution is 2.15. The number of esters is 1. The summed E-state index contributed by atoms with van der Waals surface area (Å²) in [6.45, 7) is 7.84. The molecule has 0 N–H and O–H groups in total. The first-order valence-electron chi connectivity index (χ1n) is 5.04. The first-order valence-corrected chi connectivity index (χ1v) is 8.54. The molecule has 0 fully saturated rings. The Labute approximate surface area is 96.9 Å². The van der Waals surface area contributed by atoms with E-state index in [9.17, 15) is 4.79 Å². The molecule has 0 aliphatic carbocycles. The lowest BCUT2D eigenvalue weighted by Gasteiger charge is -2.05. The molecule has 84 valence electrons. The molecule has 3 nitrogen and oxygen atoms in total. The van der Waals surface area contributed by atoms with Crippen molar-refractivity contribution >= 4 is 14.0 Å². The smallest absolute Gasteiger partial charge is 0.308 e. The molecule has 16 heavy (non-hydrogen) atoms. The van der Waals surface area contributed by atoms with Crippen molar-refractivity contribution in [2.24, 2.45) is 0 Å². The van der Waals surface area contributed by atoms with Crippen LogP contribution in [0.25, 0.3) is 0 Å². The first-order chi connectivity index (χ1) is 7.38. The molecule has 4 heteroatoms. The van der Waals surface area contributed by atoms with Gasteiger partial charge in [0, 0.05) is 13.1 Å². The number of hydrogen-bond donors (Lipinski definition) is 0. The summed E-state index contributed by atoms with van der Waals surface area (Å²) in [4.78, 5) is 14.8. The van der Waals surface area contributed by atoms with Gasteiger partial charge in [-0.2, -0.15) is 0 Å². The second-order valence-electron chi connectivity index (χ2n) is 4.47. The van der Waals surface area contributed by atoms with Crippen LogP contribution in [-0.4, -0.2) is 19.0 Å². The van der Waals surface area contributed by atoms with E-state index >= 15 is 0 Å². The van der Waals surface area contributed by atoms with E-state index in [1.54, 1.807) is 12.3 Å². The first kappa shape index (κ1) is 12.5. The molecule has 0 radical (unpaired) electrons. The normalized spacial score (nSPS) is 10.2. The van der Waals surface area contributed by atoms with Gasteiger partial charge in [-0.1, -0.05) is 25.6 Å². The third-order valence-corrected chi connectivity index (χ3v) is 2.49. The summed E-state index contributed by atoms with van der Waals surface area (Å²) in [5.74, 6) is 3.13. The van der Waals surface area contributed by atoms with E-state index < -0.39 is 8.07 Å². The maximum absolute atomic E-state index is 10.9. The van der Waals surface area contributed by atoms with Crippen molar-refractivity contribution in [1.82, 2.24) is 4.98 Å². The van der Waals surface area contributed by atoms with Crippen LogP contribution in [0, 0.1) is 11.5 Å². The Bertz CT molecular complexity index is 452.